The van der Waals surface area contributed by atoms with Crippen LogP contribution in [0.3, 0.4) is 0 Å². The Morgan fingerprint density at radius 3 is 1.85 bits per heavy atom. The summed E-state index contributed by atoms with van der Waals surface area (Å²) in [6, 6.07) is 14.4. The van der Waals surface area contributed by atoms with Gasteiger partial charge in [-0.2, -0.15) is 0 Å². The molecule has 2 amide bonds. The van der Waals surface area contributed by atoms with Gasteiger partial charge in [-0.1, -0.05) is 11.8 Å². The third kappa shape index (κ3) is 7.24. The number of ether oxygens (including phenoxy) is 2. The van der Waals surface area contributed by atoms with Crippen LogP contribution in [-0.4, -0.2) is 45.5 Å². The van der Waals surface area contributed by atoms with E-state index < -0.39 is 0 Å². The van der Waals surface area contributed by atoms with Crippen molar-refractivity contribution in [2.45, 2.75) is 38.9 Å². The Morgan fingerprint density at radius 2 is 1.35 bits per heavy atom. The largest absolute Gasteiger partial charge is 0.494 e. The highest BCUT2D eigenvalue weighted by atomic mass is 32.2. The number of anilines is 2. The number of carbonyl (C=O) groups is 2. The van der Waals surface area contributed by atoms with Crippen LogP contribution in [0.15, 0.2) is 53.7 Å². The van der Waals surface area contributed by atoms with E-state index in [4.69, 9.17) is 9.47 Å². The summed E-state index contributed by atoms with van der Waals surface area (Å²) in [5.41, 5.74) is 1.37. The number of benzene rings is 2. The molecule has 0 atom stereocenters. The number of aromatic nitrogens is 3. The number of nitrogens with one attached hydrogen (secondary N) is 2. The number of nitrogens with zero attached hydrogens (tertiary/aromatic N) is 3. The summed E-state index contributed by atoms with van der Waals surface area (Å²) < 4.78 is 12.7. The molecule has 0 aliphatic rings. The lowest BCUT2D eigenvalue weighted by Crippen LogP contribution is -2.18. The minimum absolute atomic E-state index is 0.0764. The van der Waals surface area contributed by atoms with E-state index in [9.17, 15) is 9.59 Å². The minimum Gasteiger partial charge on any atom is -0.494 e. The van der Waals surface area contributed by atoms with E-state index in [1.165, 1.54) is 11.8 Å². The standard InChI is InChI=1S/C24H29N5O4S/c1-4-29-21(15-22(30)25-17-7-11-19(12-8-17)32-5-2)27-28-24(29)34-16-23(31)26-18-9-13-20(14-10-18)33-6-3/h7-14H,4-6,15-16H2,1-3H3,(H,25,30)(H,26,31). The van der Waals surface area contributed by atoms with Gasteiger partial charge in [-0.3, -0.25) is 9.59 Å². The van der Waals surface area contributed by atoms with Crippen LogP contribution in [0, 0.1) is 0 Å². The van der Waals surface area contributed by atoms with E-state index in [0.717, 1.165) is 11.5 Å². The van der Waals surface area contributed by atoms with E-state index in [1.807, 2.05) is 37.5 Å². The SMILES string of the molecule is CCOc1ccc(NC(=O)CSc2nnc(CC(=O)Nc3ccc(OCC)cc3)n2CC)cc1. The first kappa shape index (κ1) is 25.1. The molecule has 0 saturated heterocycles. The Bertz CT molecular complexity index is 1080. The molecule has 0 spiro atoms. The summed E-state index contributed by atoms with van der Waals surface area (Å²) >= 11 is 1.28. The van der Waals surface area contributed by atoms with Crippen molar-refractivity contribution in [2.75, 3.05) is 29.6 Å². The van der Waals surface area contributed by atoms with Crippen LogP contribution in [0.1, 0.15) is 26.6 Å². The van der Waals surface area contributed by atoms with Gasteiger partial charge < -0.3 is 24.7 Å². The zero-order valence-corrected chi connectivity index (χ0v) is 20.4. The molecule has 0 unspecified atom stereocenters. The molecule has 3 aromatic rings. The first-order valence-electron chi connectivity index (χ1n) is 11.1. The highest BCUT2D eigenvalue weighted by molar-refractivity contribution is 7.99. The maximum absolute atomic E-state index is 12.5. The summed E-state index contributed by atoms with van der Waals surface area (Å²) in [7, 11) is 0. The highest BCUT2D eigenvalue weighted by Crippen LogP contribution is 2.20. The van der Waals surface area contributed by atoms with Gasteiger partial charge in [-0.05, 0) is 69.3 Å². The van der Waals surface area contributed by atoms with Crippen molar-refractivity contribution in [3.63, 3.8) is 0 Å². The zero-order chi connectivity index (χ0) is 24.3. The summed E-state index contributed by atoms with van der Waals surface area (Å²) in [5.74, 6) is 1.86. The van der Waals surface area contributed by atoms with Crippen molar-refractivity contribution < 1.29 is 19.1 Å². The van der Waals surface area contributed by atoms with Crippen molar-refractivity contribution in [2.24, 2.45) is 0 Å². The van der Waals surface area contributed by atoms with Gasteiger partial charge in [0.2, 0.25) is 11.8 Å². The van der Waals surface area contributed by atoms with Crippen molar-refractivity contribution >= 4 is 35.0 Å². The molecule has 34 heavy (non-hydrogen) atoms. The van der Waals surface area contributed by atoms with E-state index in [1.54, 1.807) is 36.4 Å². The first-order chi connectivity index (χ1) is 16.5. The maximum atomic E-state index is 12.5. The summed E-state index contributed by atoms with van der Waals surface area (Å²) in [6.45, 7) is 7.54. The molecule has 2 N–H and O–H groups in total. The summed E-state index contributed by atoms with van der Waals surface area (Å²) in [6.07, 6.45) is 0.0764. The van der Waals surface area contributed by atoms with E-state index in [2.05, 4.69) is 20.8 Å². The second-order valence-electron chi connectivity index (χ2n) is 7.12. The molecule has 3 rings (SSSR count). The van der Waals surface area contributed by atoms with E-state index >= 15 is 0 Å². The molecule has 180 valence electrons. The van der Waals surface area contributed by atoms with Gasteiger partial charge in [0.25, 0.3) is 0 Å². The van der Waals surface area contributed by atoms with Gasteiger partial charge in [0.1, 0.15) is 17.3 Å². The minimum atomic E-state index is -0.198. The van der Waals surface area contributed by atoms with Crippen molar-refractivity contribution in [3.8, 4) is 11.5 Å². The molecule has 0 aliphatic heterocycles. The zero-order valence-electron chi connectivity index (χ0n) is 19.5. The normalized spacial score (nSPS) is 10.6. The average Bonchev–Trinajstić information content (AvgIpc) is 3.21. The Labute approximate surface area is 203 Å². The highest BCUT2D eigenvalue weighted by Gasteiger charge is 2.16. The number of amides is 2. The van der Waals surface area contributed by atoms with E-state index in [-0.39, 0.29) is 24.0 Å². The number of thioether (sulfide) groups is 1. The smallest absolute Gasteiger partial charge is 0.234 e. The third-order valence-electron chi connectivity index (χ3n) is 4.66. The Morgan fingerprint density at radius 1 is 0.824 bits per heavy atom. The average molecular weight is 484 g/mol. The molecular formula is C24H29N5O4S. The van der Waals surface area contributed by atoms with Gasteiger partial charge in [-0.25, -0.2) is 0 Å². The Kier molecular flexibility index (Phi) is 9.33. The Balaban J connectivity index is 1.52. The molecule has 0 radical (unpaired) electrons. The molecule has 0 bridgehead atoms. The van der Waals surface area contributed by atoms with Crippen LogP contribution >= 0.6 is 11.8 Å². The van der Waals surface area contributed by atoms with Crippen LogP contribution in [0.2, 0.25) is 0 Å². The van der Waals surface area contributed by atoms with Crippen molar-refractivity contribution in [1.29, 1.82) is 0 Å². The molecule has 2 aromatic carbocycles. The lowest BCUT2D eigenvalue weighted by molar-refractivity contribution is -0.116. The van der Waals surface area contributed by atoms with Crippen LogP contribution in [0.4, 0.5) is 11.4 Å². The molecule has 1 aromatic heterocycles. The fourth-order valence-corrected chi connectivity index (χ4v) is 3.97. The fourth-order valence-electron chi connectivity index (χ4n) is 3.15. The lowest BCUT2D eigenvalue weighted by atomic mass is 10.3. The summed E-state index contributed by atoms with van der Waals surface area (Å²) in [4.78, 5) is 24.9. The van der Waals surface area contributed by atoms with Crippen LogP contribution in [0.25, 0.3) is 0 Å². The molecule has 1 heterocycles. The van der Waals surface area contributed by atoms with Crippen LogP contribution in [0.5, 0.6) is 11.5 Å². The van der Waals surface area contributed by atoms with Gasteiger partial charge in [0.15, 0.2) is 5.16 Å². The maximum Gasteiger partial charge on any atom is 0.234 e. The third-order valence-corrected chi connectivity index (χ3v) is 5.63. The molecule has 0 saturated carbocycles. The monoisotopic (exact) mass is 483 g/mol. The Hall–Kier alpha value is -3.53. The topological polar surface area (TPSA) is 107 Å². The van der Waals surface area contributed by atoms with Crippen molar-refractivity contribution in [3.05, 3.63) is 54.4 Å². The molecule has 10 heteroatoms. The van der Waals surface area contributed by atoms with Crippen LogP contribution < -0.4 is 20.1 Å². The quantitative estimate of drug-likeness (QED) is 0.375. The molecule has 9 nitrogen and oxygen atoms in total. The lowest BCUT2D eigenvalue weighted by Gasteiger charge is -2.09. The van der Waals surface area contributed by atoms with Crippen molar-refractivity contribution in [1.82, 2.24) is 14.8 Å². The van der Waals surface area contributed by atoms with E-state index in [0.29, 0.717) is 42.1 Å². The van der Waals surface area contributed by atoms with Gasteiger partial charge in [-0.15, -0.1) is 10.2 Å². The second-order valence-corrected chi connectivity index (χ2v) is 8.06. The number of hydrogen-bond acceptors (Lipinski definition) is 7. The summed E-state index contributed by atoms with van der Waals surface area (Å²) in [5, 5.41) is 14.6. The second kappa shape index (κ2) is 12.6. The molecule has 0 fully saturated rings. The van der Waals surface area contributed by atoms with Gasteiger partial charge in [0, 0.05) is 17.9 Å². The van der Waals surface area contributed by atoms with Crippen LogP contribution in [-0.2, 0) is 22.6 Å². The fraction of sp³-hybridized carbons (Fsp3) is 0.333. The number of rotatable bonds is 12. The molecular weight excluding hydrogens is 454 g/mol. The predicted octanol–water partition coefficient (Wildman–Crippen LogP) is 4.01. The van der Waals surface area contributed by atoms with Gasteiger partial charge >= 0.3 is 0 Å². The number of hydrogen-bond donors (Lipinski definition) is 2. The number of carbonyl (C=O) groups excluding carboxylic acids is 2. The molecule has 0 aliphatic carbocycles. The first-order valence-corrected chi connectivity index (χ1v) is 12.1. The van der Waals surface area contributed by atoms with Gasteiger partial charge in [0.05, 0.1) is 25.4 Å². The predicted molar refractivity (Wildman–Crippen MR) is 133 cm³/mol.